The Morgan fingerprint density at radius 3 is 2.23 bits per heavy atom. The molecule has 6 heteroatoms. The van der Waals surface area contributed by atoms with Gasteiger partial charge in [-0.1, -0.05) is 0 Å². The highest BCUT2D eigenvalue weighted by atomic mass is 32.2. The number of hydrogen-bond donors (Lipinski definition) is 2. The van der Waals surface area contributed by atoms with Crippen molar-refractivity contribution in [1.29, 1.82) is 0 Å². The van der Waals surface area contributed by atoms with Gasteiger partial charge in [-0.15, -0.1) is 0 Å². The van der Waals surface area contributed by atoms with Crippen LogP contribution in [0.5, 0.6) is 0 Å². The molecule has 0 aromatic heterocycles. The molecule has 0 rings (SSSR count). The summed E-state index contributed by atoms with van der Waals surface area (Å²) in [6, 6.07) is 0. The predicted octanol–water partition coefficient (Wildman–Crippen LogP) is -1.31. The van der Waals surface area contributed by atoms with Crippen LogP contribution in [-0.2, 0) is 10.0 Å². The van der Waals surface area contributed by atoms with Gasteiger partial charge in [0.2, 0.25) is 10.0 Å². The van der Waals surface area contributed by atoms with E-state index in [2.05, 4.69) is 14.9 Å². The summed E-state index contributed by atoms with van der Waals surface area (Å²) in [6.45, 7) is 2.95. The van der Waals surface area contributed by atoms with Crippen LogP contribution in [0.2, 0.25) is 0 Å². The number of nitrogens with one attached hydrogen (secondary N) is 2. The number of nitrogens with zero attached hydrogens (tertiary/aromatic N) is 1. The second kappa shape index (κ2) is 6.31. The molecule has 5 nitrogen and oxygen atoms in total. The Bertz CT molecular complexity index is 214. The monoisotopic (exact) mass is 209 g/mol. The first kappa shape index (κ1) is 12.8. The lowest BCUT2D eigenvalue weighted by Crippen LogP contribution is -2.34. The molecule has 0 saturated heterocycles. The normalized spacial score (nSPS) is 12.3. The van der Waals surface area contributed by atoms with Crippen molar-refractivity contribution in [3.8, 4) is 0 Å². The van der Waals surface area contributed by atoms with Crippen molar-refractivity contribution in [2.24, 2.45) is 0 Å². The molecule has 13 heavy (non-hydrogen) atoms. The van der Waals surface area contributed by atoms with Crippen molar-refractivity contribution in [3.05, 3.63) is 0 Å². The van der Waals surface area contributed by atoms with Crippen molar-refractivity contribution < 1.29 is 8.42 Å². The lowest BCUT2D eigenvalue weighted by atomic mass is 10.5. The molecule has 0 aliphatic rings. The summed E-state index contributed by atoms with van der Waals surface area (Å²) >= 11 is 0. The van der Waals surface area contributed by atoms with Crippen molar-refractivity contribution >= 4 is 10.0 Å². The summed E-state index contributed by atoms with van der Waals surface area (Å²) in [5.74, 6) is 0. The van der Waals surface area contributed by atoms with E-state index in [4.69, 9.17) is 0 Å². The Morgan fingerprint density at radius 1 is 1.15 bits per heavy atom. The van der Waals surface area contributed by atoms with E-state index in [0.717, 1.165) is 19.3 Å². The largest absolute Gasteiger partial charge is 0.314 e. The average molecular weight is 209 g/mol. The number of hydrogen-bond acceptors (Lipinski definition) is 4. The van der Waals surface area contributed by atoms with Gasteiger partial charge in [0.25, 0.3) is 0 Å². The van der Waals surface area contributed by atoms with E-state index in [9.17, 15) is 8.42 Å². The highest BCUT2D eigenvalue weighted by molar-refractivity contribution is 7.88. The number of likely N-dealkylation sites (N-methyl/N-ethyl adjacent to an activating group) is 1. The Balaban J connectivity index is 3.18. The minimum absolute atomic E-state index is 0.451. The zero-order valence-electron chi connectivity index (χ0n) is 8.50. The summed E-state index contributed by atoms with van der Waals surface area (Å²) in [4.78, 5) is 2.07. The van der Waals surface area contributed by atoms with Crippen LogP contribution in [0.4, 0.5) is 0 Å². The lowest BCUT2D eigenvalue weighted by Gasteiger charge is -2.10. The molecule has 0 aromatic carbocycles. The van der Waals surface area contributed by atoms with Crippen LogP contribution in [0.25, 0.3) is 0 Å². The topological polar surface area (TPSA) is 61.4 Å². The van der Waals surface area contributed by atoms with E-state index in [0.29, 0.717) is 13.1 Å². The third kappa shape index (κ3) is 11.8. The first-order valence-electron chi connectivity index (χ1n) is 4.22. The van der Waals surface area contributed by atoms with Gasteiger partial charge in [-0.3, -0.25) is 0 Å². The fraction of sp³-hybridized carbons (Fsp3) is 1.00. The first-order chi connectivity index (χ1) is 5.92. The zero-order chi connectivity index (χ0) is 10.3. The van der Waals surface area contributed by atoms with Crippen LogP contribution < -0.4 is 10.0 Å². The van der Waals surface area contributed by atoms with E-state index in [-0.39, 0.29) is 0 Å². The average Bonchev–Trinajstić information content (AvgIpc) is 1.93. The van der Waals surface area contributed by atoms with Gasteiger partial charge in [0.15, 0.2) is 0 Å². The van der Waals surface area contributed by atoms with Crippen molar-refractivity contribution in [3.63, 3.8) is 0 Å². The minimum Gasteiger partial charge on any atom is -0.314 e. The predicted molar refractivity (Wildman–Crippen MR) is 54.3 cm³/mol. The second-order valence-corrected chi connectivity index (χ2v) is 5.05. The molecule has 0 radical (unpaired) electrons. The van der Waals surface area contributed by atoms with Crippen LogP contribution in [-0.4, -0.2) is 59.8 Å². The van der Waals surface area contributed by atoms with E-state index in [1.54, 1.807) is 0 Å². The Hall–Kier alpha value is -0.170. The van der Waals surface area contributed by atoms with Gasteiger partial charge in [-0.25, -0.2) is 13.1 Å². The van der Waals surface area contributed by atoms with Gasteiger partial charge in [-0.2, -0.15) is 0 Å². The molecule has 0 fully saturated rings. The highest BCUT2D eigenvalue weighted by Gasteiger charge is 1.97. The standard InChI is InChI=1S/C7H19N3O2S/c1-10(2)7-6-8-4-5-9-13(3,11)12/h8-9H,4-7H2,1-3H3. The number of rotatable bonds is 7. The molecule has 0 aliphatic carbocycles. The van der Waals surface area contributed by atoms with Crippen LogP contribution in [0.3, 0.4) is 0 Å². The first-order valence-corrected chi connectivity index (χ1v) is 6.11. The van der Waals surface area contributed by atoms with Crippen LogP contribution in [0, 0.1) is 0 Å². The molecule has 0 aromatic rings. The van der Waals surface area contributed by atoms with Gasteiger partial charge in [-0.05, 0) is 14.1 Å². The molecule has 0 aliphatic heterocycles. The zero-order valence-corrected chi connectivity index (χ0v) is 9.32. The lowest BCUT2D eigenvalue weighted by molar-refractivity contribution is 0.401. The van der Waals surface area contributed by atoms with E-state index in [1.165, 1.54) is 0 Å². The summed E-state index contributed by atoms with van der Waals surface area (Å²) < 4.78 is 23.7. The highest BCUT2D eigenvalue weighted by Crippen LogP contribution is 1.72. The fourth-order valence-electron chi connectivity index (χ4n) is 0.752. The Labute approximate surface area is 80.5 Å². The molecule has 0 heterocycles. The molecule has 2 N–H and O–H groups in total. The summed E-state index contributed by atoms with van der Waals surface area (Å²) in [5.41, 5.74) is 0. The molecule has 0 unspecified atom stereocenters. The van der Waals surface area contributed by atoms with E-state index < -0.39 is 10.0 Å². The SMILES string of the molecule is CN(C)CCNCCNS(C)(=O)=O. The molecule has 0 atom stereocenters. The van der Waals surface area contributed by atoms with E-state index >= 15 is 0 Å². The van der Waals surface area contributed by atoms with Gasteiger partial charge < -0.3 is 10.2 Å². The maximum atomic E-state index is 10.6. The third-order valence-electron chi connectivity index (χ3n) is 1.40. The molecule has 0 spiro atoms. The molecule has 0 saturated carbocycles. The van der Waals surface area contributed by atoms with Crippen molar-refractivity contribution in [2.45, 2.75) is 0 Å². The molecular formula is C7H19N3O2S. The molecule has 0 bridgehead atoms. The van der Waals surface area contributed by atoms with Gasteiger partial charge in [0.1, 0.15) is 0 Å². The van der Waals surface area contributed by atoms with Crippen LogP contribution in [0.1, 0.15) is 0 Å². The number of sulfonamides is 1. The van der Waals surface area contributed by atoms with Crippen molar-refractivity contribution in [2.75, 3.05) is 46.5 Å². The smallest absolute Gasteiger partial charge is 0.208 e. The van der Waals surface area contributed by atoms with Crippen molar-refractivity contribution in [1.82, 2.24) is 14.9 Å². The van der Waals surface area contributed by atoms with Gasteiger partial charge >= 0.3 is 0 Å². The summed E-state index contributed by atoms with van der Waals surface area (Å²) in [6.07, 6.45) is 1.16. The summed E-state index contributed by atoms with van der Waals surface area (Å²) in [7, 11) is 0.965. The van der Waals surface area contributed by atoms with Crippen LogP contribution in [0.15, 0.2) is 0 Å². The Morgan fingerprint density at radius 2 is 1.77 bits per heavy atom. The maximum Gasteiger partial charge on any atom is 0.208 e. The van der Waals surface area contributed by atoms with Crippen LogP contribution >= 0.6 is 0 Å². The molecule has 0 amide bonds. The fourth-order valence-corrected chi connectivity index (χ4v) is 1.23. The van der Waals surface area contributed by atoms with Gasteiger partial charge in [0.05, 0.1) is 6.26 Å². The van der Waals surface area contributed by atoms with Gasteiger partial charge in [0, 0.05) is 26.2 Å². The Kier molecular flexibility index (Phi) is 6.23. The third-order valence-corrected chi connectivity index (χ3v) is 2.13. The second-order valence-electron chi connectivity index (χ2n) is 3.22. The minimum atomic E-state index is -3.03. The quantitative estimate of drug-likeness (QED) is 0.511. The molecule has 80 valence electrons. The van der Waals surface area contributed by atoms with E-state index in [1.807, 2.05) is 14.1 Å². The maximum absolute atomic E-state index is 10.6. The molecular weight excluding hydrogens is 190 g/mol. The summed E-state index contributed by atoms with van der Waals surface area (Å²) in [5, 5.41) is 3.12.